The predicted octanol–water partition coefficient (Wildman–Crippen LogP) is -1.29. The number of hydrogen-bond donors (Lipinski definition) is 2. The van der Waals surface area contributed by atoms with Crippen molar-refractivity contribution in [2.75, 3.05) is 20.1 Å². The Bertz CT molecular complexity index is 119. The van der Waals surface area contributed by atoms with Gasteiger partial charge in [0.05, 0.1) is 19.0 Å². The lowest BCUT2D eigenvalue weighted by Crippen LogP contribution is -2.87. The molecule has 0 radical (unpaired) electrons. The molecule has 0 aromatic rings. The average molecular weight is 143 g/mol. The van der Waals surface area contributed by atoms with E-state index < -0.39 is 0 Å². The zero-order chi connectivity index (χ0) is 7.40. The summed E-state index contributed by atoms with van der Waals surface area (Å²) in [6, 6.07) is 0. The van der Waals surface area contributed by atoms with Crippen LogP contribution in [0.5, 0.6) is 0 Å². The van der Waals surface area contributed by atoms with E-state index in [9.17, 15) is 4.79 Å². The first kappa shape index (κ1) is 7.54. The van der Waals surface area contributed by atoms with Crippen LogP contribution in [0.2, 0.25) is 0 Å². The number of piperidine rings is 1. The van der Waals surface area contributed by atoms with Crippen molar-refractivity contribution >= 4 is 5.91 Å². The molecule has 3 N–H and O–H groups in total. The standard InChI is InChI=1S/C7H14N2O/c1-8-7(10)6-3-2-4-9-5-6/h6,9H,2-5H2,1H3,(H,8,10)/p+1/t6-/m1/s1. The van der Waals surface area contributed by atoms with Crippen molar-refractivity contribution in [1.82, 2.24) is 5.32 Å². The second kappa shape index (κ2) is 3.56. The van der Waals surface area contributed by atoms with E-state index in [0.717, 1.165) is 13.0 Å². The molecule has 1 rings (SSSR count). The van der Waals surface area contributed by atoms with Gasteiger partial charge in [0, 0.05) is 7.05 Å². The molecule has 1 fully saturated rings. The highest BCUT2D eigenvalue weighted by atomic mass is 16.1. The topological polar surface area (TPSA) is 45.7 Å². The monoisotopic (exact) mass is 143 g/mol. The Labute approximate surface area is 61.2 Å². The molecule has 3 heteroatoms. The average Bonchev–Trinajstić information content (AvgIpc) is 2.05. The maximum absolute atomic E-state index is 11.0. The molecule has 1 saturated heterocycles. The third kappa shape index (κ3) is 1.70. The van der Waals surface area contributed by atoms with Crippen LogP contribution in [0.15, 0.2) is 0 Å². The fourth-order valence-electron chi connectivity index (χ4n) is 1.39. The Balaban J connectivity index is 2.31. The van der Waals surface area contributed by atoms with Gasteiger partial charge in [-0.25, -0.2) is 0 Å². The maximum atomic E-state index is 11.0. The van der Waals surface area contributed by atoms with E-state index in [1.807, 2.05) is 0 Å². The van der Waals surface area contributed by atoms with Gasteiger partial charge in [-0.2, -0.15) is 0 Å². The molecule has 1 amide bonds. The molecule has 0 unspecified atom stereocenters. The van der Waals surface area contributed by atoms with Crippen LogP contribution in [-0.2, 0) is 4.79 Å². The van der Waals surface area contributed by atoms with Crippen molar-refractivity contribution in [3.05, 3.63) is 0 Å². The Morgan fingerprint density at radius 2 is 2.50 bits per heavy atom. The highest BCUT2D eigenvalue weighted by Crippen LogP contribution is 2.05. The molecule has 1 heterocycles. The maximum Gasteiger partial charge on any atom is 0.228 e. The Morgan fingerprint density at radius 1 is 1.70 bits per heavy atom. The van der Waals surface area contributed by atoms with Gasteiger partial charge in [0.25, 0.3) is 0 Å². The first-order chi connectivity index (χ1) is 4.84. The molecule has 3 nitrogen and oxygen atoms in total. The van der Waals surface area contributed by atoms with Gasteiger partial charge < -0.3 is 10.6 Å². The molecule has 1 aliphatic heterocycles. The van der Waals surface area contributed by atoms with Crippen molar-refractivity contribution in [1.29, 1.82) is 0 Å². The van der Waals surface area contributed by atoms with Crippen LogP contribution < -0.4 is 10.6 Å². The van der Waals surface area contributed by atoms with Crippen LogP contribution in [0.3, 0.4) is 0 Å². The van der Waals surface area contributed by atoms with Gasteiger partial charge in [-0.1, -0.05) is 0 Å². The van der Waals surface area contributed by atoms with E-state index in [4.69, 9.17) is 0 Å². The zero-order valence-corrected chi connectivity index (χ0v) is 6.39. The lowest BCUT2D eigenvalue weighted by molar-refractivity contribution is -0.666. The molecule has 0 aromatic carbocycles. The van der Waals surface area contributed by atoms with Crippen LogP contribution in [0.1, 0.15) is 12.8 Å². The van der Waals surface area contributed by atoms with E-state index in [1.54, 1.807) is 7.05 Å². The van der Waals surface area contributed by atoms with E-state index >= 15 is 0 Å². The fraction of sp³-hybridized carbons (Fsp3) is 0.857. The zero-order valence-electron chi connectivity index (χ0n) is 6.39. The van der Waals surface area contributed by atoms with Gasteiger partial charge in [0.1, 0.15) is 0 Å². The Morgan fingerprint density at radius 3 is 3.00 bits per heavy atom. The van der Waals surface area contributed by atoms with Gasteiger partial charge in [-0.15, -0.1) is 0 Å². The number of quaternary nitrogens is 1. The normalized spacial score (nSPS) is 25.9. The Kier molecular flexibility index (Phi) is 2.68. The highest BCUT2D eigenvalue weighted by molar-refractivity contribution is 5.78. The first-order valence-corrected chi connectivity index (χ1v) is 3.88. The van der Waals surface area contributed by atoms with Crippen LogP contribution in [-0.4, -0.2) is 26.0 Å². The van der Waals surface area contributed by atoms with E-state index in [1.165, 1.54) is 13.0 Å². The lowest BCUT2D eigenvalue weighted by Gasteiger charge is -2.17. The molecule has 0 spiro atoms. The van der Waals surface area contributed by atoms with Gasteiger partial charge in [0.2, 0.25) is 5.91 Å². The number of nitrogens with two attached hydrogens (primary N) is 1. The molecule has 10 heavy (non-hydrogen) atoms. The summed E-state index contributed by atoms with van der Waals surface area (Å²) in [4.78, 5) is 11.0. The Hall–Kier alpha value is -0.570. The van der Waals surface area contributed by atoms with E-state index in [2.05, 4.69) is 10.6 Å². The van der Waals surface area contributed by atoms with Crippen LogP contribution >= 0.6 is 0 Å². The number of carbonyl (C=O) groups is 1. The quantitative estimate of drug-likeness (QED) is 0.471. The molecule has 58 valence electrons. The summed E-state index contributed by atoms with van der Waals surface area (Å²) in [6.45, 7) is 2.16. The first-order valence-electron chi connectivity index (χ1n) is 3.88. The number of nitrogens with one attached hydrogen (secondary N) is 1. The third-order valence-electron chi connectivity index (χ3n) is 2.03. The summed E-state index contributed by atoms with van der Waals surface area (Å²) in [5, 5.41) is 4.89. The number of amides is 1. The predicted molar refractivity (Wildman–Crippen MR) is 38.5 cm³/mol. The smallest absolute Gasteiger partial charge is 0.228 e. The number of rotatable bonds is 1. The molecule has 0 bridgehead atoms. The second-order valence-electron chi connectivity index (χ2n) is 2.77. The van der Waals surface area contributed by atoms with Gasteiger partial charge in [-0.3, -0.25) is 4.79 Å². The van der Waals surface area contributed by atoms with Crippen molar-refractivity contribution in [2.45, 2.75) is 12.8 Å². The van der Waals surface area contributed by atoms with Crippen molar-refractivity contribution < 1.29 is 10.1 Å². The summed E-state index contributed by atoms with van der Waals surface area (Å²) in [7, 11) is 1.71. The lowest BCUT2D eigenvalue weighted by atomic mass is 9.99. The summed E-state index contributed by atoms with van der Waals surface area (Å²) in [6.07, 6.45) is 2.24. The van der Waals surface area contributed by atoms with Gasteiger partial charge in [0.15, 0.2) is 0 Å². The van der Waals surface area contributed by atoms with E-state index in [0.29, 0.717) is 0 Å². The van der Waals surface area contributed by atoms with Gasteiger partial charge in [-0.05, 0) is 12.8 Å². The van der Waals surface area contributed by atoms with Gasteiger partial charge >= 0.3 is 0 Å². The molecule has 0 aromatic heterocycles. The van der Waals surface area contributed by atoms with E-state index in [-0.39, 0.29) is 11.8 Å². The minimum absolute atomic E-state index is 0.205. The van der Waals surface area contributed by atoms with Crippen LogP contribution in [0, 0.1) is 5.92 Å². The van der Waals surface area contributed by atoms with Crippen molar-refractivity contribution in [3.8, 4) is 0 Å². The van der Waals surface area contributed by atoms with Crippen LogP contribution in [0.25, 0.3) is 0 Å². The second-order valence-corrected chi connectivity index (χ2v) is 2.77. The molecular formula is C7H15N2O+. The summed E-state index contributed by atoms with van der Waals surface area (Å²) in [5.41, 5.74) is 0. The molecule has 0 saturated carbocycles. The number of hydrogen-bond acceptors (Lipinski definition) is 1. The van der Waals surface area contributed by atoms with Crippen molar-refractivity contribution in [2.24, 2.45) is 5.92 Å². The third-order valence-corrected chi connectivity index (χ3v) is 2.03. The highest BCUT2D eigenvalue weighted by Gasteiger charge is 2.21. The SMILES string of the molecule is CNC(=O)[C@@H]1CCC[NH2+]C1. The minimum atomic E-state index is 0.205. The number of carbonyl (C=O) groups excluding carboxylic acids is 1. The summed E-state index contributed by atoms with van der Waals surface area (Å²) < 4.78 is 0. The minimum Gasteiger partial charge on any atom is -0.359 e. The fourth-order valence-corrected chi connectivity index (χ4v) is 1.39. The van der Waals surface area contributed by atoms with Crippen molar-refractivity contribution in [3.63, 3.8) is 0 Å². The summed E-state index contributed by atoms with van der Waals surface area (Å²) in [5.74, 6) is 0.467. The molecular weight excluding hydrogens is 128 g/mol. The van der Waals surface area contributed by atoms with Crippen LogP contribution in [0.4, 0.5) is 0 Å². The largest absolute Gasteiger partial charge is 0.359 e. The molecule has 1 atom stereocenters. The summed E-state index contributed by atoms with van der Waals surface area (Å²) >= 11 is 0. The molecule has 1 aliphatic rings. The molecule has 0 aliphatic carbocycles.